The molecule has 6 heteroatoms. The summed E-state index contributed by atoms with van der Waals surface area (Å²) in [7, 11) is 0. The fourth-order valence-corrected chi connectivity index (χ4v) is 0. The van der Waals surface area contributed by atoms with Gasteiger partial charge in [0, 0.05) is 0 Å². The van der Waals surface area contributed by atoms with Crippen molar-refractivity contribution < 1.29 is 95.9 Å². The second-order valence-corrected chi connectivity index (χ2v) is 0. The summed E-state index contributed by atoms with van der Waals surface area (Å²) < 4.78 is 0. The first-order valence-corrected chi connectivity index (χ1v) is 0. The van der Waals surface area contributed by atoms with E-state index in [0.717, 1.165) is 0 Å². The van der Waals surface area contributed by atoms with Crippen molar-refractivity contribution in [1.82, 2.24) is 0 Å². The van der Waals surface area contributed by atoms with Gasteiger partial charge in [-0.2, -0.15) is 0 Å². The molecule has 0 bridgehead atoms. The van der Waals surface area contributed by atoms with Gasteiger partial charge in [-0.05, 0) is 0 Å². The van der Waals surface area contributed by atoms with Gasteiger partial charge in [-0.3, -0.25) is 0 Å². The van der Waals surface area contributed by atoms with Gasteiger partial charge in [0.05, 0.1) is 0 Å². The minimum absolute atomic E-state index is 0. The minimum Gasteiger partial charge on any atom is -1.00 e. The molecule has 0 saturated carbocycles. The van der Waals surface area contributed by atoms with Gasteiger partial charge in [-0.25, -0.2) is 0 Å². The molecule has 0 nitrogen and oxygen atoms in total. The quantitative estimate of drug-likeness (QED) is 0.177. The first-order chi connectivity index (χ1) is 0. The smallest absolute Gasteiger partial charge is 1.00 e. The van der Waals surface area contributed by atoms with Crippen molar-refractivity contribution in [2.24, 2.45) is 0 Å². The Kier molecular flexibility index (Phi) is 245. The van der Waals surface area contributed by atoms with E-state index in [4.69, 9.17) is 0 Å². The van der Waals surface area contributed by atoms with Crippen LogP contribution in [0, 0.1) is 0 Å². The van der Waals surface area contributed by atoms with E-state index in [0.29, 0.717) is 0 Å². The molecule has 0 N–H and O–H groups in total. The summed E-state index contributed by atoms with van der Waals surface area (Å²) in [5.41, 5.74) is 0. The Morgan fingerprint density at radius 2 is 0.500 bits per heavy atom. The Labute approximate surface area is 154 Å². The normalized spacial score (nSPS) is 0. The summed E-state index contributed by atoms with van der Waals surface area (Å²) in [4.78, 5) is 0. The maximum absolute atomic E-state index is 0. The summed E-state index contributed by atoms with van der Waals surface area (Å²) in [6.45, 7) is 0. The SMILES string of the molecule is [Ba+2].[I-].[I-].[I-].[I-].[S+2]. The molecule has 0 heterocycles. The fraction of sp³-hybridized carbons (Fsp3) is 0. The molecule has 0 fully saturated rings. The van der Waals surface area contributed by atoms with Crippen molar-refractivity contribution in [3.63, 3.8) is 0 Å². The van der Waals surface area contributed by atoms with Crippen LogP contribution in [0.4, 0.5) is 0 Å². The van der Waals surface area contributed by atoms with Crippen molar-refractivity contribution >= 4 is 62.4 Å². The van der Waals surface area contributed by atoms with Gasteiger partial charge in [-0.15, -0.1) is 0 Å². The van der Waals surface area contributed by atoms with E-state index in [-0.39, 0.29) is 158 Å². The van der Waals surface area contributed by atoms with Crippen molar-refractivity contribution in [1.29, 1.82) is 0 Å². The Hall–Kier alpha value is 4.84. The van der Waals surface area contributed by atoms with E-state index in [1.807, 2.05) is 0 Å². The molecular weight excluding hydrogens is 677 g/mol. The molecule has 0 amide bonds. The van der Waals surface area contributed by atoms with E-state index in [1.54, 1.807) is 0 Å². The molecule has 0 aromatic heterocycles. The fourth-order valence-electron chi connectivity index (χ4n) is 0. The van der Waals surface area contributed by atoms with Crippen LogP contribution in [-0.4, -0.2) is 48.9 Å². The van der Waals surface area contributed by atoms with Crippen LogP contribution in [0.2, 0.25) is 0 Å². The second kappa shape index (κ2) is 32.8. The van der Waals surface area contributed by atoms with Crippen LogP contribution in [0.25, 0.3) is 0 Å². The number of hydrogen-bond donors (Lipinski definition) is 0. The number of hydrogen-bond acceptors (Lipinski definition) is 0. The maximum atomic E-state index is 0. The average Bonchev–Trinajstić information content (AvgIpc) is 0. The molecule has 0 aliphatic carbocycles. The number of halogens is 4. The van der Waals surface area contributed by atoms with Gasteiger partial charge in [0.2, 0.25) is 0 Å². The zero-order valence-corrected chi connectivity index (χ0v) is 16.5. The van der Waals surface area contributed by atoms with Crippen molar-refractivity contribution in [3.05, 3.63) is 0 Å². The van der Waals surface area contributed by atoms with Gasteiger partial charge < -0.3 is 95.9 Å². The summed E-state index contributed by atoms with van der Waals surface area (Å²) in [5, 5.41) is 0. The first kappa shape index (κ1) is 44.8. The Balaban J connectivity index is 0. The molecule has 36 valence electrons. The predicted molar refractivity (Wildman–Crippen MR) is 13.1 cm³/mol. The second-order valence-electron chi connectivity index (χ2n) is 0. The molecule has 0 atom stereocenters. The van der Waals surface area contributed by atoms with Gasteiger partial charge in [-0.1, -0.05) is 0 Å². The predicted octanol–water partition coefficient (Wildman–Crippen LogP) is -12.4. The largest absolute Gasteiger partial charge is 2.00 e. The van der Waals surface area contributed by atoms with E-state index in [1.165, 1.54) is 0 Å². The molecule has 6 heavy (non-hydrogen) atoms. The van der Waals surface area contributed by atoms with E-state index in [9.17, 15) is 0 Å². The van der Waals surface area contributed by atoms with Crippen LogP contribution in [0.1, 0.15) is 0 Å². The third-order valence-corrected chi connectivity index (χ3v) is 0. The molecular formula is BaI4S. The van der Waals surface area contributed by atoms with E-state index in [2.05, 4.69) is 0 Å². The van der Waals surface area contributed by atoms with Gasteiger partial charge in [0.25, 0.3) is 0 Å². The Morgan fingerprint density at radius 1 is 0.500 bits per heavy atom. The van der Waals surface area contributed by atoms with E-state index >= 15 is 0 Å². The zero-order valence-electron chi connectivity index (χ0n) is 2.63. The van der Waals surface area contributed by atoms with Gasteiger partial charge >= 0.3 is 62.4 Å². The molecule has 0 aliphatic heterocycles. The van der Waals surface area contributed by atoms with Crippen LogP contribution in [0.15, 0.2) is 0 Å². The summed E-state index contributed by atoms with van der Waals surface area (Å²) in [6, 6.07) is 0. The molecule has 0 aliphatic rings. The molecule has 0 rings (SSSR count). The van der Waals surface area contributed by atoms with Gasteiger partial charge in [0.1, 0.15) is 0 Å². The molecule has 0 aromatic carbocycles. The van der Waals surface area contributed by atoms with E-state index < -0.39 is 0 Å². The zero-order chi connectivity index (χ0) is 0. The summed E-state index contributed by atoms with van der Waals surface area (Å²) in [6.07, 6.45) is 0. The summed E-state index contributed by atoms with van der Waals surface area (Å²) in [5.74, 6) is 0. The maximum Gasteiger partial charge on any atom is 2.00 e. The standard InChI is InChI=1S/Ba.4HI.S/h;4*1H;/q+2;;;;;+2/p-4. The minimum atomic E-state index is 0. The van der Waals surface area contributed by atoms with Crippen LogP contribution < -0.4 is 95.9 Å². The van der Waals surface area contributed by atoms with Crippen LogP contribution in [0.5, 0.6) is 0 Å². The Morgan fingerprint density at radius 3 is 0.500 bits per heavy atom. The topological polar surface area (TPSA) is 0 Å². The molecule has 4 radical (unpaired) electrons. The summed E-state index contributed by atoms with van der Waals surface area (Å²) >= 11 is 0. The first-order valence-electron chi connectivity index (χ1n) is 0. The van der Waals surface area contributed by atoms with Crippen LogP contribution in [-0.2, 0) is 13.5 Å². The monoisotopic (exact) mass is 677 g/mol. The van der Waals surface area contributed by atoms with Crippen molar-refractivity contribution in [2.45, 2.75) is 0 Å². The molecule has 0 saturated heterocycles. The Bertz CT molecular complexity index is 7.51. The third-order valence-electron chi connectivity index (χ3n) is 0. The molecule has 0 spiro atoms. The van der Waals surface area contributed by atoms with Gasteiger partial charge in [0.15, 0.2) is 0 Å². The van der Waals surface area contributed by atoms with Crippen molar-refractivity contribution in [2.75, 3.05) is 0 Å². The molecule has 0 aromatic rings. The van der Waals surface area contributed by atoms with Crippen LogP contribution >= 0.6 is 0 Å². The third kappa shape index (κ3) is 23.2. The van der Waals surface area contributed by atoms with Crippen LogP contribution in [0.3, 0.4) is 0 Å². The van der Waals surface area contributed by atoms with Crippen molar-refractivity contribution in [3.8, 4) is 0 Å². The molecule has 0 unspecified atom stereocenters. The number of rotatable bonds is 0. The average molecular weight is 677 g/mol.